The minimum atomic E-state index is -0.117. The van der Waals surface area contributed by atoms with Crippen LogP contribution in [-0.2, 0) is 4.74 Å². The lowest BCUT2D eigenvalue weighted by molar-refractivity contribution is 0.0875. The van der Waals surface area contributed by atoms with Gasteiger partial charge in [0.05, 0.1) is 6.10 Å². The van der Waals surface area contributed by atoms with Crippen LogP contribution >= 0.6 is 11.6 Å². The van der Waals surface area contributed by atoms with Crippen molar-refractivity contribution in [3.05, 3.63) is 0 Å². The predicted octanol–water partition coefficient (Wildman–Crippen LogP) is 3.02. The molecule has 0 saturated heterocycles. The van der Waals surface area contributed by atoms with Gasteiger partial charge >= 0.3 is 0 Å². The van der Waals surface area contributed by atoms with E-state index in [2.05, 4.69) is 13.8 Å². The van der Waals surface area contributed by atoms with E-state index in [0.29, 0.717) is 6.10 Å². The summed E-state index contributed by atoms with van der Waals surface area (Å²) in [4.78, 5) is 0. The maximum absolute atomic E-state index is 5.70. The largest absolute Gasteiger partial charge is 0.359 e. The van der Waals surface area contributed by atoms with Gasteiger partial charge in [0.15, 0.2) is 0 Å². The highest BCUT2D eigenvalue weighted by atomic mass is 35.5. The molecule has 1 nitrogen and oxygen atoms in total. The van der Waals surface area contributed by atoms with Crippen LogP contribution in [0.2, 0.25) is 0 Å². The van der Waals surface area contributed by atoms with E-state index in [1.165, 1.54) is 12.8 Å². The fraction of sp³-hybridized carbons (Fsp3) is 1.00. The lowest BCUT2D eigenvalue weighted by Crippen LogP contribution is -2.07. The Labute approximate surface area is 74.1 Å². The van der Waals surface area contributed by atoms with Gasteiger partial charge in [-0.2, -0.15) is 0 Å². The van der Waals surface area contributed by atoms with Crippen molar-refractivity contribution in [2.45, 2.75) is 45.3 Å². The molecule has 11 heavy (non-hydrogen) atoms. The molecule has 4 unspecified atom stereocenters. The molecular formula is C9H17ClO. The summed E-state index contributed by atoms with van der Waals surface area (Å²) in [5, 5.41) is 0. The highest BCUT2D eigenvalue weighted by molar-refractivity contribution is 6.19. The zero-order chi connectivity index (χ0) is 8.43. The number of ether oxygens (including phenoxy) is 1. The SMILES string of the molecule is CCC(C)C1CC1OC(C)Cl. The molecular weight excluding hydrogens is 160 g/mol. The normalized spacial score (nSPS) is 34.9. The number of hydrogen-bond acceptors (Lipinski definition) is 1. The first-order valence-corrected chi connectivity index (χ1v) is 4.88. The van der Waals surface area contributed by atoms with E-state index in [1.54, 1.807) is 0 Å². The second-order valence-electron chi connectivity index (χ2n) is 3.50. The number of rotatable bonds is 4. The molecule has 0 radical (unpaired) electrons. The molecule has 0 amide bonds. The van der Waals surface area contributed by atoms with Crippen molar-refractivity contribution in [2.75, 3.05) is 0 Å². The van der Waals surface area contributed by atoms with Crippen LogP contribution in [0.25, 0.3) is 0 Å². The molecule has 1 rings (SSSR count). The van der Waals surface area contributed by atoms with Crippen molar-refractivity contribution in [1.82, 2.24) is 0 Å². The first-order chi connectivity index (χ1) is 5.15. The van der Waals surface area contributed by atoms with Crippen LogP contribution in [-0.4, -0.2) is 11.7 Å². The summed E-state index contributed by atoms with van der Waals surface area (Å²) < 4.78 is 5.46. The fourth-order valence-electron chi connectivity index (χ4n) is 1.49. The van der Waals surface area contributed by atoms with Crippen LogP contribution < -0.4 is 0 Å². The van der Waals surface area contributed by atoms with E-state index in [0.717, 1.165) is 11.8 Å². The Kier molecular flexibility index (Phi) is 3.20. The first kappa shape index (κ1) is 9.34. The van der Waals surface area contributed by atoms with Gasteiger partial charge in [0.2, 0.25) is 0 Å². The lowest BCUT2D eigenvalue weighted by Gasteiger charge is -2.08. The van der Waals surface area contributed by atoms with E-state index in [-0.39, 0.29) is 5.56 Å². The van der Waals surface area contributed by atoms with Crippen molar-refractivity contribution in [2.24, 2.45) is 11.8 Å². The van der Waals surface area contributed by atoms with Gasteiger partial charge in [-0.25, -0.2) is 0 Å². The van der Waals surface area contributed by atoms with E-state index in [1.807, 2.05) is 6.92 Å². The van der Waals surface area contributed by atoms with Crippen molar-refractivity contribution in [3.63, 3.8) is 0 Å². The van der Waals surface area contributed by atoms with Crippen LogP contribution in [0.5, 0.6) is 0 Å². The zero-order valence-electron chi connectivity index (χ0n) is 7.51. The van der Waals surface area contributed by atoms with Gasteiger partial charge < -0.3 is 4.74 Å². The molecule has 0 aromatic carbocycles. The average Bonchev–Trinajstić information content (AvgIpc) is 2.65. The Morgan fingerprint density at radius 2 is 2.18 bits per heavy atom. The second-order valence-corrected chi connectivity index (χ2v) is 4.12. The van der Waals surface area contributed by atoms with E-state index >= 15 is 0 Å². The van der Waals surface area contributed by atoms with Crippen LogP contribution in [0.4, 0.5) is 0 Å². The zero-order valence-corrected chi connectivity index (χ0v) is 8.27. The maximum atomic E-state index is 5.70. The Bertz CT molecular complexity index is 125. The molecule has 0 aliphatic heterocycles. The smallest absolute Gasteiger partial charge is 0.128 e. The summed E-state index contributed by atoms with van der Waals surface area (Å²) in [6.45, 7) is 6.39. The van der Waals surface area contributed by atoms with Gasteiger partial charge in [-0.15, -0.1) is 0 Å². The van der Waals surface area contributed by atoms with Gasteiger partial charge in [0, 0.05) is 0 Å². The second kappa shape index (κ2) is 3.77. The lowest BCUT2D eigenvalue weighted by atomic mass is 10.0. The molecule has 1 aliphatic carbocycles. The van der Waals surface area contributed by atoms with E-state index in [9.17, 15) is 0 Å². The van der Waals surface area contributed by atoms with Gasteiger partial charge in [0.25, 0.3) is 0 Å². The van der Waals surface area contributed by atoms with Crippen molar-refractivity contribution in [1.29, 1.82) is 0 Å². The minimum Gasteiger partial charge on any atom is -0.359 e. The molecule has 66 valence electrons. The van der Waals surface area contributed by atoms with Gasteiger partial charge in [-0.05, 0) is 25.2 Å². The number of alkyl halides is 1. The quantitative estimate of drug-likeness (QED) is 0.599. The van der Waals surface area contributed by atoms with Crippen molar-refractivity contribution in [3.8, 4) is 0 Å². The summed E-state index contributed by atoms with van der Waals surface area (Å²) in [5.74, 6) is 1.58. The third-order valence-electron chi connectivity index (χ3n) is 2.52. The Hall–Kier alpha value is 0.250. The third kappa shape index (κ3) is 2.64. The standard InChI is InChI=1S/C9H17ClO/c1-4-6(2)8-5-9(8)11-7(3)10/h6-9H,4-5H2,1-3H3. The molecule has 0 spiro atoms. The average molecular weight is 177 g/mol. The molecule has 1 aliphatic rings. The Morgan fingerprint density at radius 1 is 1.55 bits per heavy atom. The molecule has 4 atom stereocenters. The molecule has 1 saturated carbocycles. The molecule has 1 fully saturated rings. The predicted molar refractivity (Wildman–Crippen MR) is 47.8 cm³/mol. The summed E-state index contributed by atoms with van der Waals surface area (Å²) in [6.07, 6.45) is 2.92. The topological polar surface area (TPSA) is 9.23 Å². The Balaban J connectivity index is 2.15. The molecule has 2 heteroatoms. The van der Waals surface area contributed by atoms with Crippen LogP contribution in [0.1, 0.15) is 33.6 Å². The monoisotopic (exact) mass is 176 g/mol. The van der Waals surface area contributed by atoms with Gasteiger partial charge in [-0.1, -0.05) is 31.9 Å². The number of halogens is 1. The summed E-state index contributed by atoms with van der Waals surface area (Å²) in [6, 6.07) is 0. The fourth-order valence-corrected chi connectivity index (χ4v) is 1.62. The van der Waals surface area contributed by atoms with E-state index in [4.69, 9.17) is 16.3 Å². The third-order valence-corrected chi connectivity index (χ3v) is 2.62. The molecule has 0 bridgehead atoms. The minimum absolute atomic E-state index is 0.117. The van der Waals surface area contributed by atoms with Crippen LogP contribution in [0, 0.1) is 11.8 Å². The molecule has 0 aromatic heterocycles. The highest BCUT2D eigenvalue weighted by Gasteiger charge is 2.41. The highest BCUT2D eigenvalue weighted by Crippen LogP contribution is 2.42. The van der Waals surface area contributed by atoms with Gasteiger partial charge in [-0.3, -0.25) is 0 Å². The van der Waals surface area contributed by atoms with Crippen molar-refractivity contribution < 1.29 is 4.74 Å². The van der Waals surface area contributed by atoms with Crippen molar-refractivity contribution >= 4 is 11.6 Å². The summed E-state index contributed by atoms with van der Waals surface area (Å²) in [7, 11) is 0. The van der Waals surface area contributed by atoms with Gasteiger partial charge in [0.1, 0.15) is 5.56 Å². The Morgan fingerprint density at radius 3 is 2.64 bits per heavy atom. The van der Waals surface area contributed by atoms with Crippen LogP contribution in [0.15, 0.2) is 0 Å². The molecule has 0 N–H and O–H groups in total. The first-order valence-electron chi connectivity index (χ1n) is 4.44. The molecule has 0 heterocycles. The van der Waals surface area contributed by atoms with E-state index < -0.39 is 0 Å². The maximum Gasteiger partial charge on any atom is 0.128 e. The summed E-state index contributed by atoms with van der Waals surface area (Å²) >= 11 is 5.70. The summed E-state index contributed by atoms with van der Waals surface area (Å²) in [5.41, 5.74) is -0.117. The number of hydrogen-bond donors (Lipinski definition) is 0. The van der Waals surface area contributed by atoms with Crippen LogP contribution in [0.3, 0.4) is 0 Å². The molecule has 0 aromatic rings.